The second-order valence-electron chi connectivity index (χ2n) is 5.38. The Bertz CT molecular complexity index is 842. The Labute approximate surface area is 140 Å². The number of nitrogens with two attached hydrogens (primary N) is 1. The maximum atomic E-state index is 12.4. The predicted molar refractivity (Wildman–Crippen MR) is 89.9 cm³/mol. The van der Waals surface area contributed by atoms with E-state index in [2.05, 4.69) is 9.97 Å². The van der Waals surface area contributed by atoms with Crippen molar-refractivity contribution in [2.75, 3.05) is 0 Å². The van der Waals surface area contributed by atoms with Gasteiger partial charge < -0.3 is 10.7 Å². The van der Waals surface area contributed by atoms with Gasteiger partial charge in [-0.05, 0) is 38.2 Å². The fourth-order valence-corrected chi connectivity index (χ4v) is 4.76. The van der Waals surface area contributed by atoms with E-state index in [-0.39, 0.29) is 5.56 Å². The number of hydrogen-bond acceptors (Lipinski definition) is 6. The second-order valence-corrected chi connectivity index (χ2v) is 7.79. The van der Waals surface area contributed by atoms with Crippen molar-refractivity contribution in [2.45, 2.75) is 43.0 Å². The molecule has 0 radical (unpaired) electrons. The van der Waals surface area contributed by atoms with Crippen LogP contribution < -0.4 is 16.6 Å². The minimum absolute atomic E-state index is 0.167. The number of hydrogen-bond donors (Lipinski definition) is 3. The number of rotatable bonds is 3. The number of carbonyl (C=O) groups excluding carboxylic acids is 2. The number of urea groups is 1. The van der Waals surface area contributed by atoms with Gasteiger partial charge >= 0.3 is 6.03 Å². The molecule has 0 bridgehead atoms. The lowest BCUT2D eigenvalue weighted by Gasteiger charge is -2.10. The number of thiophene rings is 1. The number of thioether (sulfide) groups is 1. The summed E-state index contributed by atoms with van der Waals surface area (Å²) in [6.07, 6.45) is 4.16. The normalized spacial score (nSPS) is 15.2. The lowest BCUT2D eigenvalue weighted by molar-refractivity contribution is -0.119. The molecule has 1 aliphatic carbocycles. The summed E-state index contributed by atoms with van der Waals surface area (Å²) in [5.74, 6) is -0.518. The van der Waals surface area contributed by atoms with Gasteiger partial charge in [0, 0.05) is 4.88 Å². The Balaban J connectivity index is 1.90. The first kappa shape index (κ1) is 16.0. The maximum absolute atomic E-state index is 12.4. The SMILES string of the molecule is C[C@@H](Sc1nc2sc3c(c2c(=O)[nH]1)CCCC3)C(=O)NC(N)=O. The van der Waals surface area contributed by atoms with Crippen LogP contribution in [-0.4, -0.2) is 27.2 Å². The number of imide groups is 1. The number of aromatic nitrogens is 2. The highest BCUT2D eigenvalue weighted by Gasteiger charge is 2.22. The first-order chi connectivity index (χ1) is 11.0. The Kier molecular flexibility index (Phi) is 4.40. The highest BCUT2D eigenvalue weighted by molar-refractivity contribution is 8.00. The summed E-state index contributed by atoms with van der Waals surface area (Å²) >= 11 is 2.64. The molecular formula is C14H16N4O3S2. The van der Waals surface area contributed by atoms with Crippen molar-refractivity contribution in [3.63, 3.8) is 0 Å². The molecule has 23 heavy (non-hydrogen) atoms. The van der Waals surface area contributed by atoms with E-state index in [0.29, 0.717) is 15.4 Å². The van der Waals surface area contributed by atoms with E-state index in [4.69, 9.17) is 5.73 Å². The molecule has 0 fully saturated rings. The van der Waals surface area contributed by atoms with Crippen molar-refractivity contribution in [1.82, 2.24) is 15.3 Å². The summed E-state index contributed by atoms with van der Waals surface area (Å²) in [5, 5.41) is 2.47. The monoisotopic (exact) mass is 352 g/mol. The zero-order valence-electron chi connectivity index (χ0n) is 12.5. The summed E-state index contributed by atoms with van der Waals surface area (Å²) in [4.78, 5) is 44.0. The number of fused-ring (bicyclic) bond motifs is 3. The maximum Gasteiger partial charge on any atom is 0.318 e. The molecule has 0 aliphatic heterocycles. The van der Waals surface area contributed by atoms with Gasteiger partial charge in [0.2, 0.25) is 5.91 Å². The summed E-state index contributed by atoms with van der Waals surface area (Å²) in [7, 11) is 0. The molecule has 0 spiro atoms. The topological polar surface area (TPSA) is 118 Å². The van der Waals surface area contributed by atoms with E-state index in [1.807, 2.05) is 5.32 Å². The molecule has 7 nitrogen and oxygen atoms in total. The molecule has 2 aromatic rings. The molecule has 3 amide bonds. The second kappa shape index (κ2) is 6.32. The van der Waals surface area contributed by atoms with Gasteiger partial charge in [0.05, 0.1) is 10.6 Å². The fourth-order valence-electron chi connectivity index (χ4n) is 2.64. The first-order valence-electron chi connectivity index (χ1n) is 7.27. The van der Waals surface area contributed by atoms with Gasteiger partial charge in [0.15, 0.2) is 5.16 Å². The number of aryl methyl sites for hydroxylation is 2. The molecule has 0 saturated carbocycles. The number of amides is 3. The van der Waals surface area contributed by atoms with Crippen molar-refractivity contribution in [3.05, 3.63) is 20.8 Å². The molecule has 3 rings (SSSR count). The predicted octanol–water partition coefficient (Wildman–Crippen LogP) is 1.54. The Morgan fingerprint density at radius 2 is 2.13 bits per heavy atom. The minimum atomic E-state index is -0.898. The van der Waals surface area contributed by atoms with E-state index < -0.39 is 17.2 Å². The third-order valence-electron chi connectivity index (χ3n) is 3.71. The average Bonchev–Trinajstić information content (AvgIpc) is 2.84. The molecule has 4 N–H and O–H groups in total. The van der Waals surface area contributed by atoms with Crippen LogP contribution in [0.2, 0.25) is 0 Å². The van der Waals surface area contributed by atoms with Crippen LogP contribution in [0.5, 0.6) is 0 Å². The standard InChI is InChI=1S/C14H16N4O3S2/c1-6(10(19)16-13(15)21)22-14-17-11(20)9-7-4-2-3-5-8(7)23-12(9)18-14/h6H,2-5H2,1H3,(H,17,18,20)(H3,15,16,19,21)/t6-/m1/s1. The zero-order chi connectivity index (χ0) is 16.6. The van der Waals surface area contributed by atoms with Gasteiger partial charge in [0.25, 0.3) is 5.56 Å². The smallest absolute Gasteiger partial charge is 0.318 e. The molecule has 1 aliphatic rings. The number of nitrogens with one attached hydrogen (secondary N) is 2. The van der Waals surface area contributed by atoms with Crippen molar-refractivity contribution >= 4 is 45.3 Å². The number of carbonyl (C=O) groups is 2. The highest BCUT2D eigenvalue weighted by atomic mass is 32.2. The van der Waals surface area contributed by atoms with Gasteiger partial charge in [-0.1, -0.05) is 11.8 Å². The van der Waals surface area contributed by atoms with Crippen LogP contribution in [0.25, 0.3) is 10.2 Å². The zero-order valence-corrected chi connectivity index (χ0v) is 14.1. The van der Waals surface area contributed by atoms with Crippen LogP contribution in [0.3, 0.4) is 0 Å². The van der Waals surface area contributed by atoms with E-state index in [0.717, 1.165) is 43.0 Å². The quantitative estimate of drug-likeness (QED) is 0.572. The summed E-state index contributed by atoms with van der Waals surface area (Å²) in [6, 6.07) is -0.898. The number of nitrogens with zero attached hydrogens (tertiary/aromatic N) is 1. The average molecular weight is 352 g/mol. The van der Waals surface area contributed by atoms with E-state index in [9.17, 15) is 14.4 Å². The van der Waals surface area contributed by atoms with Gasteiger partial charge in [-0.2, -0.15) is 0 Å². The van der Waals surface area contributed by atoms with Gasteiger partial charge in [-0.15, -0.1) is 11.3 Å². The van der Waals surface area contributed by atoms with Crippen LogP contribution in [-0.2, 0) is 17.6 Å². The van der Waals surface area contributed by atoms with Gasteiger partial charge in [0.1, 0.15) is 4.83 Å². The third kappa shape index (κ3) is 3.25. The first-order valence-corrected chi connectivity index (χ1v) is 8.97. The number of primary amides is 1. The Morgan fingerprint density at radius 3 is 2.87 bits per heavy atom. The van der Waals surface area contributed by atoms with Crippen LogP contribution in [0, 0.1) is 0 Å². The molecule has 1 atom stereocenters. The molecule has 0 unspecified atom stereocenters. The van der Waals surface area contributed by atoms with Crippen molar-refractivity contribution in [3.8, 4) is 0 Å². The lowest BCUT2D eigenvalue weighted by Crippen LogP contribution is -2.39. The van der Waals surface area contributed by atoms with Crippen LogP contribution in [0.1, 0.15) is 30.2 Å². The molecular weight excluding hydrogens is 336 g/mol. The van der Waals surface area contributed by atoms with Crippen molar-refractivity contribution < 1.29 is 9.59 Å². The molecule has 0 aromatic carbocycles. The fraction of sp³-hybridized carbons (Fsp3) is 0.429. The van der Waals surface area contributed by atoms with Crippen molar-refractivity contribution in [1.29, 1.82) is 0 Å². The van der Waals surface area contributed by atoms with Crippen LogP contribution in [0.4, 0.5) is 4.79 Å². The van der Waals surface area contributed by atoms with E-state index in [1.54, 1.807) is 18.3 Å². The summed E-state index contributed by atoms with van der Waals surface area (Å²) in [5.41, 5.74) is 5.89. The number of aromatic amines is 1. The van der Waals surface area contributed by atoms with Crippen LogP contribution in [0.15, 0.2) is 9.95 Å². The largest absolute Gasteiger partial charge is 0.351 e. The van der Waals surface area contributed by atoms with E-state index in [1.165, 1.54) is 4.88 Å². The molecule has 2 heterocycles. The van der Waals surface area contributed by atoms with Crippen molar-refractivity contribution in [2.24, 2.45) is 5.73 Å². The summed E-state index contributed by atoms with van der Waals surface area (Å²) < 4.78 is 0. The molecule has 0 saturated heterocycles. The van der Waals surface area contributed by atoms with Gasteiger partial charge in [-0.25, -0.2) is 9.78 Å². The Morgan fingerprint density at radius 1 is 1.39 bits per heavy atom. The van der Waals surface area contributed by atoms with Crippen LogP contribution >= 0.6 is 23.1 Å². The Hall–Kier alpha value is -1.87. The lowest BCUT2D eigenvalue weighted by atomic mass is 9.97. The van der Waals surface area contributed by atoms with Gasteiger partial charge in [-0.3, -0.25) is 14.9 Å². The molecule has 2 aromatic heterocycles. The molecule has 9 heteroatoms. The summed E-state index contributed by atoms with van der Waals surface area (Å²) in [6.45, 7) is 1.62. The third-order valence-corrected chi connectivity index (χ3v) is 5.88. The number of H-pyrrole nitrogens is 1. The highest BCUT2D eigenvalue weighted by Crippen LogP contribution is 2.34. The van der Waals surface area contributed by atoms with E-state index >= 15 is 0 Å². The minimum Gasteiger partial charge on any atom is -0.351 e. The molecule has 122 valence electrons.